The summed E-state index contributed by atoms with van der Waals surface area (Å²) in [6.07, 6.45) is 6.84. The van der Waals surface area contributed by atoms with Crippen LogP contribution >= 0.6 is 11.8 Å². The highest BCUT2D eigenvalue weighted by Gasteiger charge is 2.17. The van der Waals surface area contributed by atoms with Gasteiger partial charge in [0.05, 0.1) is 5.69 Å². The normalized spacial score (nSPS) is 20.8. The van der Waals surface area contributed by atoms with Gasteiger partial charge in [0.25, 0.3) is 0 Å². The predicted molar refractivity (Wildman–Crippen MR) is 71.2 cm³/mol. The van der Waals surface area contributed by atoms with Crippen molar-refractivity contribution in [2.24, 2.45) is 0 Å². The Hall–Kier alpha value is -1.23. The number of rotatable bonds is 2. The van der Waals surface area contributed by atoms with E-state index >= 15 is 0 Å². The van der Waals surface area contributed by atoms with Crippen molar-refractivity contribution in [2.75, 3.05) is 11.5 Å². The van der Waals surface area contributed by atoms with Gasteiger partial charge in [-0.05, 0) is 30.7 Å². The summed E-state index contributed by atoms with van der Waals surface area (Å²) in [6.45, 7) is 0. The highest BCUT2D eigenvalue weighted by atomic mass is 32.2. The van der Waals surface area contributed by atoms with Gasteiger partial charge in [0.1, 0.15) is 0 Å². The van der Waals surface area contributed by atoms with Crippen LogP contribution in [0.3, 0.4) is 0 Å². The lowest BCUT2D eigenvalue weighted by molar-refractivity contribution is 0.647. The molecule has 0 radical (unpaired) electrons. The Morgan fingerprint density at radius 1 is 1.47 bits per heavy atom. The number of nitrogens with zero attached hydrogens (tertiary/aromatic N) is 3. The monoisotopic (exact) mass is 248 g/mol. The first-order valence-corrected chi connectivity index (χ1v) is 7.09. The zero-order valence-electron chi connectivity index (χ0n) is 9.67. The second-order valence-electron chi connectivity index (χ2n) is 4.45. The van der Waals surface area contributed by atoms with Crippen LogP contribution in [0.4, 0.5) is 5.69 Å². The summed E-state index contributed by atoms with van der Waals surface area (Å²) in [5.74, 6) is 2.20. The van der Waals surface area contributed by atoms with Crippen molar-refractivity contribution in [3.63, 3.8) is 0 Å². The molecule has 0 saturated carbocycles. The largest absolute Gasteiger partial charge is 0.396 e. The van der Waals surface area contributed by atoms with Gasteiger partial charge in [-0.1, -0.05) is 6.42 Å². The van der Waals surface area contributed by atoms with E-state index < -0.39 is 0 Å². The van der Waals surface area contributed by atoms with Crippen molar-refractivity contribution in [1.82, 2.24) is 14.6 Å². The van der Waals surface area contributed by atoms with Gasteiger partial charge < -0.3 is 5.73 Å². The Morgan fingerprint density at radius 2 is 2.41 bits per heavy atom. The number of pyridine rings is 1. The van der Waals surface area contributed by atoms with E-state index in [1.165, 1.54) is 25.0 Å². The van der Waals surface area contributed by atoms with Gasteiger partial charge in [0.15, 0.2) is 11.5 Å². The highest BCUT2D eigenvalue weighted by molar-refractivity contribution is 7.99. The van der Waals surface area contributed by atoms with Crippen LogP contribution in [0.5, 0.6) is 0 Å². The lowest BCUT2D eigenvalue weighted by Gasteiger charge is -2.19. The van der Waals surface area contributed by atoms with Gasteiger partial charge in [-0.2, -0.15) is 16.9 Å². The van der Waals surface area contributed by atoms with Crippen molar-refractivity contribution in [1.29, 1.82) is 0 Å². The molecule has 0 aromatic carbocycles. The minimum atomic E-state index is 0.683. The smallest absolute Gasteiger partial charge is 0.178 e. The summed E-state index contributed by atoms with van der Waals surface area (Å²) in [5.41, 5.74) is 7.35. The third kappa shape index (κ3) is 2.24. The summed E-state index contributed by atoms with van der Waals surface area (Å²) in [6, 6.07) is 3.76. The van der Waals surface area contributed by atoms with Crippen molar-refractivity contribution in [3.05, 3.63) is 24.2 Å². The van der Waals surface area contributed by atoms with Crippen LogP contribution in [0.1, 0.15) is 25.1 Å². The summed E-state index contributed by atoms with van der Waals surface area (Å²) in [7, 11) is 0. The first-order valence-electron chi connectivity index (χ1n) is 6.04. The van der Waals surface area contributed by atoms with Crippen LogP contribution in [0.15, 0.2) is 18.3 Å². The van der Waals surface area contributed by atoms with Crippen LogP contribution in [0, 0.1) is 0 Å². The number of anilines is 1. The summed E-state index contributed by atoms with van der Waals surface area (Å²) in [4.78, 5) is 4.52. The van der Waals surface area contributed by atoms with E-state index in [2.05, 4.69) is 21.8 Å². The third-order valence-electron chi connectivity index (χ3n) is 3.12. The van der Waals surface area contributed by atoms with Crippen LogP contribution in [0.2, 0.25) is 0 Å². The third-order valence-corrected chi connectivity index (χ3v) is 4.52. The first-order chi connectivity index (χ1) is 8.33. The van der Waals surface area contributed by atoms with E-state index in [0.717, 1.165) is 17.9 Å². The molecule has 1 aliphatic heterocycles. The van der Waals surface area contributed by atoms with Gasteiger partial charge >= 0.3 is 0 Å². The molecule has 3 heterocycles. The molecule has 4 nitrogen and oxygen atoms in total. The zero-order valence-corrected chi connectivity index (χ0v) is 10.5. The summed E-state index contributed by atoms with van der Waals surface area (Å²) in [5, 5.41) is 5.16. The highest BCUT2D eigenvalue weighted by Crippen LogP contribution is 2.27. The van der Waals surface area contributed by atoms with Crippen molar-refractivity contribution < 1.29 is 0 Å². The Labute approximate surface area is 105 Å². The molecule has 2 N–H and O–H groups in total. The fourth-order valence-electron chi connectivity index (χ4n) is 2.23. The van der Waals surface area contributed by atoms with Gasteiger partial charge in [-0.3, -0.25) is 0 Å². The fraction of sp³-hybridized carbons (Fsp3) is 0.500. The molecule has 17 heavy (non-hydrogen) atoms. The molecule has 0 aliphatic carbocycles. The maximum atomic E-state index is 5.87. The fourth-order valence-corrected chi connectivity index (χ4v) is 3.53. The maximum Gasteiger partial charge on any atom is 0.178 e. The topological polar surface area (TPSA) is 56.2 Å². The number of nitrogens with two attached hydrogens (primary N) is 1. The summed E-state index contributed by atoms with van der Waals surface area (Å²) >= 11 is 2.05. The van der Waals surface area contributed by atoms with Crippen LogP contribution in [0.25, 0.3) is 5.65 Å². The standard InChI is InChI=1S/C12H16N4S/c13-10-5-3-6-16-12(10)14-11(15-16)8-9-4-1-2-7-17-9/h3,5-6,9H,1-2,4,7-8,13H2. The average molecular weight is 248 g/mol. The van der Waals surface area contributed by atoms with Crippen LogP contribution in [-0.4, -0.2) is 25.6 Å². The zero-order chi connectivity index (χ0) is 11.7. The molecule has 5 heteroatoms. The average Bonchev–Trinajstić information content (AvgIpc) is 2.74. The molecule has 0 amide bonds. The first kappa shape index (κ1) is 10.9. The number of nitrogen functional groups attached to an aromatic ring is 1. The van der Waals surface area contributed by atoms with Gasteiger partial charge in [0, 0.05) is 17.9 Å². The number of thioether (sulfide) groups is 1. The lowest BCUT2D eigenvalue weighted by Crippen LogP contribution is -2.13. The van der Waals surface area contributed by atoms with Crippen molar-refractivity contribution >= 4 is 23.1 Å². The quantitative estimate of drug-likeness (QED) is 0.884. The van der Waals surface area contributed by atoms with E-state index in [-0.39, 0.29) is 0 Å². The molecular weight excluding hydrogens is 232 g/mol. The summed E-state index contributed by atoms with van der Waals surface area (Å²) < 4.78 is 1.78. The predicted octanol–water partition coefficient (Wildman–Crippen LogP) is 2.14. The van der Waals surface area contributed by atoms with E-state index in [1.807, 2.05) is 18.3 Å². The number of hydrogen-bond donors (Lipinski definition) is 1. The minimum Gasteiger partial charge on any atom is -0.396 e. The van der Waals surface area contributed by atoms with Crippen LogP contribution < -0.4 is 5.73 Å². The SMILES string of the molecule is Nc1cccn2nc(CC3CCCCS3)nc12. The molecule has 1 unspecified atom stereocenters. The molecular formula is C12H16N4S. The molecule has 90 valence electrons. The molecule has 2 aromatic rings. The maximum absolute atomic E-state index is 5.87. The second kappa shape index (κ2) is 4.56. The molecule has 1 fully saturated rings. The minimum absolute atomic E-state index is 0.683. The second-order valence-corrected chi connectivity index (χ2v) is 5.86. The van der Waals surface area contributed by atoms with E-state index in [0.29, 0.717) is 10.9 Å². The van der Waals surface area contributed by atoms with Gasteiger partial charge in [-0.25, -0.2) is 9.50 Å². The Kier molecular flexibility index (Phi) is 2.93. The molecule has 1 aliphatic rings. The van der Waals surface area contributed by atoms with E-state index in [9.17, 15) is 0 Å². The number of fused-ring (bicyclic) bond motifs is 1. The molecule has 3 rings (SSSR count). The van der Waals surface area contributed by atoms with Crippen molar-refractivity contribution in [3.8, 4) is 0 Å². The molecule has 2 aromatic heterocycles. The van der Waals surface area contributed by atoms with Crippen molar-refractivity contribution in [2.45, 2.75) is 30.9 Å². The Morgan fingerprint density at radius 3 is 3.18 bits per heavy atom. The van der Waals surface area contributed by atoms with E-state index in [1.54, 1.807) is 4.52 Å². The van der Waals surface area contributed by atoms with Gasteiger partial charge in [0.2, 0.25) is 0 Å². The number of aromatic nitrogens is 3. The molecule has 0 spiro atoms. The molecule has 0 bridgehead atoms. The van der Waals surface area contributed by atoms with E-state index in [4.69, 9.17) is 5.73 Å². The number of hydrogen-bond acceptors (Lipinski definition) is 4. The van der Waals surface area contributed by atoms with Crippen LogP contribution in [-0.2, 0) is 6.42 Å². The lowest BCUT2D eigenvalue weighted by atomic mass is 10.1. The Bertz CT molecular complexity index is 516. The molecule has 1 atom stereocenters. The van der Waals surface area contributed by atoms with Gasteiger partial charge in [-0.15, -0.1) is 0 Å². The molecule has 1 saturated heterocycles. The Balaban J connectivity index is 1.83.